The van der Waals surface area contributed by atoms with Crippen molar-refractivity contribution in [1.29, 1.82) is 5.26 Å². The van der Waals surface area contributed by atoms with Crippen molar-refractivity contribution in [2.75, 3.05) is 12.9 Å². The van der Waals surface area contributed by atoms with Gasteiger partial charge in [0.15, 0.2) is 5.12 Å². The molecule has 5 nitrogen and oxygen atoms in total. The minimum absolute atomic E-state index is 0.0251. The molecule has 0 amide bonds. The summed E-state index contributed by atoms with van der Waals surface area (Å²) < 4.78 is 5.02. The van der Waals surface area contributed by atoms with Crippen LogP contribution in [0.5, 0.6) is 5.75 Å². The topological polar surface area (TPSA) is 90.5 Å². The summed E-state index contributed by atoms with van der Waals surface area (Å²) in [5, 5.41) is 28.9. The highest BCUT2D eigenvalue weighted by Crippen LogP contribution is 2.26. The van der Waals surface area contributed by atoms with E-state index in [9.17, 15) is 15.0 Å². The maximum absolute atomic E-state index is 10.8. The predicted octanol–water partition coefficient (Wildman–Crippen LogP) is 1.63. The normalized spacial score (nSPS) is 13.3. The van der Waals surface area contributed by atoms with Crippen molar-refractivity contribution in [1.82, 2.24) is 0 Å². The zero-order valence-corrected chi connectivity index (χ0v) is 12.2. The lowest BCUT2D eigenvalue weighted by molar-refractivity contribution is -0.109. The summed E-state index contributed by atoms with van der Waals surface area (Å²) in [5.74, 6) is 0.861. The van der Waals surface area contributed by atoms with E-state index in [1.807, 2.05) is 6.07 Å². The molecule has 0 fully saturated rings. The van der Waals surface area contributed by atoms with E-state index >= 15 is 0 Å². The highest BCUT2D eigenvalue weighted by molar-refractivity contribution is 8.13. The molecule has 0 aromatic heterocycles. The number of aliphatic hydroxyl groups excluding tert-OH is 2. The number of benzene rings is 1. The van der Waals surface area contributed by atoms with Crippen LogP contribution in [0.15, 0.2) is 18.2 Å². The van der Waals surface area contributed by atoms with Gasteiger partial charge in [0.05, 0.1) is 18.8 Å². The van der Waals surface area contributed by atoms with Crippen LogP contribution >= 0.6 is 11.8 Å². The van der Waals surface area contributed by atoms with Crippen molar-refractivity contribution in [3.8, 4) is 11.8 Å². The highest BCUT2D eigenvalue weighted by atomic mass is 32.2. The van der Waals surface area contributed by atoms with Crippen molar-refractivity contribution >= 4 is 16.9 Å². The Kier molecular flexibility index (Phi) is 6.52. The van der Waals surface area contributed by atoms with Gasteiger partial charge in [0, 0.05) is 12.7 Å². The predicted molar refractivity (Wildman–Crippen MR) is 76.4 cm³/mol. The molecule has 0 bridgehead atoms. The first kappa shape index (κ1) is 16.5. The largest absolute Gasteiger partial charge is 0.495 e. The van der Waals surface area contributed by atoms with Gasteiger partial charge >= 0.3 is 0 Å². The third kappa shape index (κ3) is 4.53. The Morgan fingerprint density at radius 1 is 1.50 bits per heavy atom. The fourth-order valence-electron chi connectivity index (χ4n) is 1.70. The van der Waals surface area contributed by atoms with Crippen LogP contribution in [0.1, 0.15) is 30.6 Å². The van der Waals surface area contributed by atoms with Gasteiger partial charge in [0.1, 0.15) is 17.9 Å². The maximum atomic E-state index is 10.8. The molecule has 0 aliphatic rings. The molecular formula is C14H17NO4S. The number of aliphatic hydroxyl groups is 2. The van der Waals surface area contributed by atoms with Gasteiger partial charge in [-0.15, -0.1) is 0 Å². The number of hydrogen-bond donors (Lipinski definition) is 2. The molecule has 1 aromatic rings. The van der Waals surface area contributed by atoms with Gasteiger partial charge in [0.25, 0.3) is 0 Å². The molecule has 0 spiro atoms. The van der Waals surface area contributed by atoms with E-state index in [2.05, 4.69) is 0 Å². The third-order valence-electron chi connectivity index (χ3n) is 2.77. The van der Waals surface area contributed by atoms with Gasteiger partial charge in [-0.2, -0.15) is 5.26 Å². The number of carbonyl (C=O) groups excluding carboxylic acids is 1. The number of nitrogens with zero attached hydrogens (tertiary/aromatic N) is 1. The average Bonchev–Trinajstić information content (AvgIpc) is 2.45. The van der Waals surface area contributed by atoms with E-state index in [1.54, 1.807) is 12.1 Å². The zero-order valence-electron chi connectivity index (χ0n) is 11.4. The number of nitriles is 1. The average molecular weight is 295 g/mol. The lowest BCUT2D eigenvalue weighted by atomic mass is 10.0. The number of carbonyl (C=O) groups is 1. The van der Waals surface area contributed by atoms with E-state index in [1.165, 1.54) is 20.1 Å². The van der Waals surface area contributed by atoms with Gasteiger partial charge in [-0.1, -0.05) is 17.8 Å². The molecular weight excluding hydrogens is 278 g/mol. The van der Waals surface area contributed by atoms with Crippen LogP contribution in [0.3, 0.4) is 0 Å². The standard InChI is InChI=1S/C14H17NO4S/c1-9(16)20-6-5-12(17)14(18)10-3-4-13(19-2)11(7-10)8-15/h3-4,7,12,14,17-18H,5-6H2,1-2H3. The summed E-state index contributed by atoms with van der Waals surface area (Å²) in [5.41, 5.74) is 0.747. The molecule has 2 N–H and O–H groups in total. The Bertz CT molecular complexity index is 512. The molecule has 0 saturated heterocycles. The summed E-state index contributed by atoms with van der Waals surface area (Å²) in [6.07, 6.45) is -1.79. The summed E-state index contributed by atoms with van der Waals surface area (Å²) >= 11 is 1.10. The number of ether oxygens (including phenoxy) is 1. The summed E-state index contributed by atoms with van der Waals surface area (Å²) in [6, 6.07) is 6.64. The Labute approximate surface area is 122 Å². The number of methoxy groups -OCH3 is 1. The number of hydrogen-bond acceptors (Lipinski definition) is 6. The summed E-state index contributed by atoms with van der Waals surface area (Å²) in [7, 11) is 1.46. The minimum Gasteiger partial charge on any atom is -0.495 e. The van der Waals surface area contributed by atoms with Crippen LogP contribution in [-0.4, -0.2) is 34.3 Å². The SMILES string of the molecule is COc1ccc(C(O)C(O)CCSC(C)=O)cc1C#N. The molecule has 0 saturated carbocycles. The number of rotatable bonds is 6. The van der Waals surface area contributed by atoms with Crippen molar-refractivity contribution in [3.05, 3.63) is 29.3 Å². The van der Waals surface area contributed by atoms with Crippen LogP contribution in [0.4, 0.5) is 0 Å². The minimum atomic E-state index is -1.10. The lowest BCUT2D eigenvalue weighted by Crippen LogP contribution is -2.19. The van der Waals surface area contributed by atoms with Crippen molar-refractivity contribution in [3.63, 3.8) is 0 Å². The molecule has 0 aliphatic heterocycles. The second kappa shape index (κ2) is 7.90. The quantitative estimate of drug-likeness (QED) is 0.829. The van der Waals surface area contributed by atoms with E-state index in [-0.39, 0.29) is 5.12 Å². The fraction of sp³-hybridized carbons (Fsp3) is 0.429. The molecule has 1 aromatic carbocycles. The van der Waals surface area contributed by atoms with Gasteiger partial charge < -0.3 is 14.9 Å². The van der Waals surface area contributed by atoms with Crippen molar-refractivity contribution in [2.45, 2.75) is 25.6 Å². The third-order valence-corrected chi connectivity index (χ3v) is 3.62. The fourth-order valence-corrected chi connectivity index (χ4v) is 2.35. The molecule has 20 heavy (non-hydrogen) atoms. The van der Waals surface area contributed by atoms with Gasteiger partial charge in [-0.25, -0.2) is 0 Å². The Balaban J connectivity index is 2.74. The smallest absolute Gasteiger partial charge is 0.185 e. The second-order valence-corrected chi connectivity index (χ2v) is 5.48. The van der Waals surface area contributed by atoms with Crippen molar-refractivity contribution < 1.29 is 19.7 Å². The summed E-state index contributed by atoms with van der Waals surface area (Å²) in [4.78, 5) is 10.8. The molecule has 108 valence electrons. The lowest BCUT2D eigenvalue weighted by Gasteiger charge is -2.18. The maximum Gasteiger partial charge on any atom is 0.185 e. The Morgan fingerprint density at radius 2 is 2.20 bits per heavy atom. The highest BCUT2D eigenvalue weighted by Gasteiger charge is 2.19. The van der Waals surface area contributed by atoms with Crippen LogP contribution in [0, 0.1) is 11.3 Å². The molecule has 0 aliphatic carbocycles. The summed E-state index contributed by atoms with van der Waals surface area (Å²) in [6.45, 7) is 1.45. The Morgan fingerprint density at radius 3 is 2.75 bits per heavy atom. The zero-order chi connectivity index (χ0) is 15.1. The first-order valence-electron chi connectivity index (χ1n) is 6.07. The molecule has 2 atom stereocenters. The van der Waals surface area contributed by atoms with Gasteiger partial charge in [-0.3, -0.25) is 4.79 Å². The Hall–Kier alpha value is -1.55. The molecule has 0 radical (unpaired) electrons. The van der Waals surface area contributed by atoms with Crippen LogP contribution in [0.2, 0.25) is 0 Å². The molecule has 2 unspecified atom stereocenters. The van der Waals surface area contributed by atoms with E-state index in [0.29, 0.717) is 29.1 Å². The van der Waals surface area contributed by atoms with Gasteiger partial charge in [0.2, 0.25) is 0 Å². The molecule has 1 rings (SSSR count). The monoisotopic (exact) mass is 295 g/mol. The van der Waals surface area contributed by atoms with Crippen LogP contribution in [0.25, 0.3) is 0 Å². The second-order valence-electron chi connectivity index (χ2n) is 4.21. The van der Waals surface area contributed by atoms with Crippen molar-refractivity contribution in [2.24, 2.45) is 0 Å². The van der Waals surface area contributed by atoms with E-state index < -0.39 is 12.2 Å². The molecule has 6 heteroatoms. The van der Waals surface area contributed by atoms with E-state index in [0.717, 1.165) is 11.8 Å². The van der Waals surface area contributed by atoms with Gasteiger partial charge in [-0.05, 0) is 24.1 Å². The molecule has 0 heterocycles. The van der Waals surface area contributed by atoms with Crippen LogP contribution < -0.4 is 4.74 Å². The first-order valence-corrected chi connectivity index (χ1v) is 7.05. The first-order chi connectivity index (χ1) is 9.49. The number of thioether (sulfide) groups is 1. The van der Waals surface area contributed by atoms with Crippen LogP contribution in [-0.2, 0) is 4.79 Å². The van der Waals surface area contributed by atoms with E-state index in [4.69, 9.17) is 10.00 Å².